The summed E-state index contributed by atoms with van der Waals surface area (Å²) in [5, 5.41) is 0. The summed E-state index contributed by atoms with van der Waals surface area (Å²) in [6.07, 6.45) is 8.09. The molecule has 9 aromatic carbocycles. The van der Waals surface area contributed by atoms with Crippen molar-refractivity contribution in [2.45, 2.75) is 53.7 Å². The molecule has 0 bridgehead atoms. The molecule has 6 aromatic heterocycles. The summed E-state index contributed by atoms with van der Waals surface area (Å²) in [6.45, 7) is 1.47. The van der Waals surface area contributed by atoms with Gasteiger partial charge in [0.05, 0.1) is 0 Å². The van der Waals surface area contributed by atoms with E-state index >= 15 is 0 Å². The van der Waals surface area contributed by atoms with E-state index in [4.69, 9.17) is 13.7 Å². The number of halogens is 2. The Morgan fingerprint density at radius 2 is 0.760 bits per heavy atom. The van der Waals surface area contributed by atoms with E-state index in [1.54, 1.807) is 73.3 Å². The summed E-state index contributed by atoms with van der Waals surface area (Å²) in [5.74, 6) is -4.87. The molecule has 104 heavy (non-hydrogen) atoms. The SMILES string of the molecule is Cc1cc(-c2[c-]cccc2)ncc1-c1ccccc1.[2H]C(C)(C)C([2H])([2H])c1cc(-c2ccnc(-c3[c-]cccc3)c2)ccc1F.[2H]C([2H])([2H])C([2H])(C)c1cc(-c2ccnc(-c3[c-]cccc3)c2)ccc1F.[2H]C([2H])([2H])c1ccc(-c2[c-]cccc2)nc1.[Ir].[Ir].[Ir].[c-]1ccccc1-c1ccccn1.[c-]1ccccc1-c1ccccn1. The Bertz CT molecular complexity index is 5080. The first-order chi connectivity index (χ1) is 53.2. The van der Waals surface area contributed by atoms with Crippen LogP contribution in [0.3, 0.4) is 0 Å². The first kappa shape index (κ1) is 66.9. The molecule has 6 heterocycles. The summed E-state index contributed by atoms with van der Waals surface area (Å²) >= 11 is 0. The van der Waals surface area contributed by atoms with Crippen LogP contribution in [-0.2, 0) is 66.7 Å². The normalized spacial score (nSPS) is 12.6. The number of hydrogen-bond acceptors (Lipinski definition) is 6. The third-order valence-corrected chi connectivity index (χ3v) is 15.1. The summed E-state index contributed by atoms with van der Waals surface area (Å²) in [5.41, 5.74) is 17.2. The van der Waals surface area contributed by atoms with Gasteiger partial charge in [0.1, 0.15) is 11.6 Å². The van der Waals surface area contributed by atoms with Crippen LogP contribution in [0.25, 0.3) is 101 Å². The quantitative estimate of drug-likeness (QED) is 0.113. The van der Waals surface area contributed by atoms with Gasteiger partial charge in [0.15, 0.2) is 0 Å². The van der Waals surface area contributed by atoms with Crippen LogP contribution in [0.5, 0.6) is 0 Å². The van der Waals surface area contributed by atoms with Crippen molar-refractivity contribution < 1.29 is 82.8 Å². The molecular weight excluding hydrogens is 1820 g/mol. The van der Waals surface area contributed by atoms with Gasteiger partial charge in [-0.05, 0) is 165 Å². The van der Waals surface area contributed by atoms with Crippen molar-refractivity contribution in [3.05, 3.63) is 399 Å². The molecule has 15 rings (SSSR count). The molecule has 0 amide bonds. The molecule has 15 aromatic rings. The topological polar surface area (TPSA) is 77.3 Å². The van der Waals surface area contributed by atoms with Crippen LogP contribution in [0.15, 0.2) is 328 Å². The first-order valence-electron chi connectivity index (χ1n) is 37.4. The second-order valence-corrected chi connectivity index (χ2v) is 22.8. The monoisotopic (exact) mass is 1900 g/mol. The minimum atomic E-state index is -2.64. The zero-order chi connectivity index (χ0) is 79.0. The Hall–Kier alpha value is -10.3. The average Bonchev–Trinajstić information content (AvgIpc) is 0.777. The smallest absolute Gasteiger partial charge is 0.126 e. The predicted octanol–water partition coefficient (Wildman–Crippen LogP) is 23.5. The van der Waals surface area contributed by atoms with Crippen molar-refractivity contribution in [3.63, 3.8) is 0 Å². The second-order valence-electron chi connectivity index (χ2n) is 22.8. The minimum absolute atomic E-state index is 0. The molecule has 525 valence electrons. The molecule has 0 saturated heterocycles. The average molecular weight is 1900 g/mol. The standard InChI is InChI=1S/C21H19FN.C20H17FN.C18H14N.C12H10N.2C11H8N.3Ir/c1-15(2)12-19-13-17(8-9-20(19)22)18-10-11-23-21(14-18)16-6-4-3-5-7-16;1-14(2)18-12-16(8-9-19(18)21)17-10-11-22-20(13-17)15-6-4-3-5-7-15;1-14-12-18(16-10-6-3-7-11-16)19-13-17(14)15-8-4-2-5-9-15;1-10-7-8-12(13-9-10)11-5-3-2-4-6-11;2*1-2-6-10(7-3-1)11-8-4-5-9-12-11;;;/h3-6,8-11,13-15H,12H2,1-2H3;3-6,8-14H,1-2H3;2-10,12-13H,1H3;2-5,7-9H,1H3;2*1-6,8-9H;;;/q6*-1;;;/i12D2,15D;1D3,14D;;1D3;;;;;. The van der Waals surface area contributed by atoms with Crippen molar-refractivity contribution in [2.24, 2.45) is 5.89 Å². The number of rotatable bonds is 12. The molecule has 0 spiro atoms. The number of pyridine rings is 6. The molecular formula is C93H76F2Ir3N6-6. The number of hydrogen-bond donors (Lipinski definition) is 0. The number of aromatic nitrogens is 6. The van der Waals surface area contributed by atoms with Crippen molar-refractivity contribution in [1.29, 1.82) is 0 Å². The van der Waals surface area contributed by atoms with Crippen LogP contribution in [-0.4, -0.2) is 29.9 Å². The largest absolute Gasteiger partial charge is 0.305 e. The Balaban J connectivity index is 0.000000193. The van der Waals surface area contributed by atoms with E-state index in [1.165, 1.54) is 67.9 Å². The van der Waals surface area contributed by atoms with E-state index in [0.29, 0.717) is 16.8 Å². The molecule has 6 nitrogen and oxygen atoms in total. The fourth-order valence-electron chi connectivity index (χ4n) is 10.1. The predicted molar refractivity (Wildman–Crippen MR) is 409 cm³/mol. The van der Waals surface area contributed by atoms with Crippen LogP contribution in [0.2, 0.25) is 0 Å². The van der Waals surface area contributed by atoms with Crippen LogP contribution in [0.4, 0.5) is 8.78 Å². The molecule has 0 aliphatic carbocycles. The van der Waals surface area contributed by atoms with Crippen LogP contribution in [0, 0.1) is 67.7 Å². The molecule has 1 atom stereocenters. The molecule has 0 aliphatic heterocycles. The summed E-state index contributed by atoms with van der Waals surface area (Å²) < 4.78 is 106. The maximum atomic E-state index is 14.3. The van der Waals surface area contributed by atoms with Gasteiger partial charge in [0.2, 0.25) is 0 Å². The maximum absolute atomic E-state index is 14.3. The van der Waals surface area contributed by atoms with Crippen molar-refractivity contribution in [2.75, 3.05) is 0 Å². The van der Waals surface area contributed by atoms with E-state index in [9.17, 15) is 8.78 Å². The van der Waals surface area contributed by atoms with E-state index < -0.39 is 43.5 Å². The molecule has 1 unspecified atom stereocenters. The number of benzene rings is 9. The van der Waals surface area contributed by atoms with E-state index in [0.717, 1.165) is 73.0 Å². The summed E-state index contributed by atoms with van der Waals surface area (Å²) in [6, 6.07) is 108. The Morgan fingerprint density at radius 3 is 1.15 bits per heavy atom. The molecule has 0 aliphatic rings. The van der Waals surface area contributed by atoms with Gasteiger partial charge in [0.25, 0.3) is 0 Å². The van der Waals surface area contributed by atoms with Gasteiger partial charge in [0, 0.05) is 117 Å². The van der Waals surface area contributed by atoms with E-state index in [2.05, 4.69) is 91.4 Å². The summed E-state index contributed by atoms with van der Waals surface area (Å²) in [7, 11) is 0. The Morgan fingerprint density at radius 1 is 0.365 bits per heavy atom. The number of nitrogens with zero attached hydrogens (tertiary/aromatic N) is 6. The van der Waals surface area contributed by atoms with E-state index in [-0.39, 0.29) is 77.0 Å². The van der Waals surface area contributed by atoms with Gasteiger partial charge in [-0.2, -0.15) is 0 Å². The summed E-state index contributed by atoms with van der Waals surface area (Å²) in [4.78, 5) is 25.8. The van der Waals surface area contributed by atoms with Gasteiger partial charge in [-0.15, -0.1) is 215 Å². The number of aryl methyl sites for hydroxylation is 2. The van der Waals surface area contributed by atoms with Crippen molar-refractivity contribution in [3.8, 4) is 101 Å². The van der Waals surface area contributed by atoms with E-state index in [1.807, 2.05) is 206 Å². The van der Waals surface area contributed by atoms with Crippen LogP contribution in [0.1, 0.15) is 69.5 Å². The maximum Gasteiger partial charge on any atom is 0.126 e. The Labute approximate surface area is 667 Å². The van der Waals surface area contributed by atoms with Gasteiger partial charge in [-0.25, -0.2) is 8.78 Å². The molecule has 3 radical (unpaired) electrons. The van der Waals surface area contributed by atoms with Crippen LogP contribution >= 0.6 is 0 Å². The second kappa shape index (κ2) is 43.0. The molecule has 11 heteroatoms. The minimum Gasteiger partial charge on any atom is -0.305 e. The van der Waals surface area contributed by atoms with Gasteiger partial charge in [-0.3, -0.25) is 0 Å². The van der Waals surface area contributed by atoms with Gasteiger partial charge < -0.3 is 29.9 Å². The fraction of sp³-hybridized carbons (Fsp3) is 0.0968. The molecule has 0 N–H and O–H groups in total. The first-order valence-corrected chi connectivity index (χ1v) is 32.4. The third-order valence-electron chi connectivity index (χ3n) is 15.1. The zero-order valence-electron chi connectivity index (χ0n) is 67.1. The van der Waals surface area contributed by atoms with Crippen molar-refractivity contribution in [1.82, 2.24) is 29.9 Å². The van der Waals surface area contributed by atoms with Crippen LogP contribution < -0.4 is 0 Å². The fourth-order valence-corrected chi connectivity index (χ4v) is 10.1. The van der Waals surface area contributed by atoms with Gasteiger partial charge in [-0.1, -0.05) is 125 Å². The Kier molecular flexibility index (Phi) is 27.6. The van der Waals surface area contributed by atoms with Crippen molar-refractivity contribution >= 4 is 0 Å². The third kappa shape index (κ3) is 24.7. The molecule has 0 fully saturated rings. The van der Waals surface area contributed by atoms with Gasteiger partial charge >= 0.3 is 0 Å². The molecule has 0 saturated carbocycles. The zero-order valence-corrected chi connectivity index (χ0v) is 64.3.